The van der Waals surface area contributed by atoms with E-state index in [-0.39, 0.29) is 0 Å². The molecule has 1 aromatic heterocycles. The minimum atomic E-state index is 0.555. The predicted molar refractivity (Wildman–Crippen MR) is 78.9 cm³/mol. The maximum absolute atomic E-state index is 5.41. The normalized spacial score (nSPS) is 19.8. The average Bonchev–Trinajstić information content (AvgIpc) is 2.45. The molecule has 0 bridgehead atoms. The number of ether oxygens (including phenoxy) is 1. The molecule has 106 valence electrons. The number of nitrogens with zero attached hydrogens (tertiary/aromatic N) is 2. The van der Waals surface area contributed by atoms with Gasteiger partial charge in [0.1, 0.15) is 0 Å². The predicted octanol–water partition coefficient (Wildman–Crippen LogP) is 2.30. The van der Waals surface area contributed by atoms with E-state index in [9.17, 15) is 0 Å². The van der Waals surface area contributed by atoms with Crippen molar-refractivity contribution in [1.82, 2.24) is 10.3 Å². The first-order valence-electron chi connectivity index (χ1n) is 7.18. The Labute approximate surface area is 116 Å². The van der Waals surface area contributed by atoms with Crippen molar-refractivity contribution in [3.05, 3.63) is 18.3 Å². The highest BCUT2D eigenvalue weighted by Gasteiger charge is 2.22. The molecule has 1 N–H and O–H groups in total. The van der Waals surface area contributed by atoms with Gasteiger partial charge in [-0.2, -0.15) is 0 Å². The third kappa shape index (κ3) is 3.83. The number of nitrogens with one attached hydrogen (secondary N) is 1. The molecule has 1 aliphatic heterocycles. The van der Waals surface area contributed by atoms with Gasteiger partial charge in [0.2, 0.25) is 0 Å². The van der Waals surface area contributed by atoms with Crippen LogP contribution in [0.4, 0.5) is 5.82 Å². The lowest BCUT2D eigenvalue weighted by Crippen LogP contribution is -2.41. The summed E-state index contributed by atoms with van der Waals surface area (Å²) < 4.78 is 5.41. The number of anilines is 1. The topological polar surface area (TPSA) is 37.4 Å². The van der Waals surface area contributed by atoms with Crippen molar-refractivity contribution in [2.75, 3.05) is 31.6 Å². The summed E-state index contributed by atoms with van der Waals surface area (Å²) in [5.41, 5.74) is 0. The van der Waals surface area contributed by atoms with E-state index in [1.165, 1.54) is 12.8 Å². The van der Waals surface area contributed by atoms with E-state index >= 15 is 0 Å². The molecule has 4 nitrogen and oxygen atoms in total. The van der Waals surface area contributed by atoms with Crippen molar-refractivity contribution in [3.63, 3.8) is 0 Å². The molecule has 0 radical (unpaired) electrons. The van der Waals surface area contributed by atoms with Gasteiger partial charge in [-0.05, 0) is 37.4 Å². The second kappa shape index (κ2) is 6.75. The van der Waals surface area contributed by atoms with Gasteiger partial charge >= 0.3 is 0 Å². The minimum absolute atomic E-state index is 0.555. The van der Waals surface area contributed by atoms with Gasteiger partial charge < -0.3 is 15.0 Å². The molecule has 1 unspecified atom stereocenters. The quantitative estimate of drug-likeness (QED) is 0.884. The van der Waals surface area contributed by atoms with Crippen LogP contribution in [0.15, 0.2) is 18.3 Å². The zero-order valence-corrected chi connectivity index (χ0v) is 12.2. The zero-order valence-electron chi connectivity index (χ0n) is 12.2. The number of methoxy groups -OCH3 is 1. The molecule has 2 heterocycles. The standard InChI is InChI=1S/C15H25N3O/c1-12(2)17-10-13-6-5-9-18(11-13)15-14(19-3)7-4-8-16-15/h4,7-8,12-13,17H,5-6,9-11H2,1-3H3. The molecule has 1 atom stereocenters. The second-order valence-electron chi connectivity index (χ2n) is 5.55. The van der Waals surface area contributed by atoms with Crippen LogP contribution in [0, 0.1) is 5.92 Å². The Morgan fingerprint density at radius 1 is 1.53 bits per heavy atom. The van der Waals surface area contributed by atoms with Gasteiger partial charge in [-0.3, -0.25) is 0 Å². The van der Waals surface area contributed by atoms with Gasteiger partial charge in [0, 0.05) is 25.3 Å². The molecule has 4 heteroatoms. The first kappa shape index (κ1) is 14.1. The van der Waals surface area contributed by atoms with E-state index in [1.54, 1.807) is 7.11 Å². The molecule has 2 rings (SSSR count). The smallest absolute Gasteiger partial charge is 0.171 e. The largest absolute Gasteiger partial charge is 0.493 e. The molecular weight excluding hydrogens is 238 g/mol. The van der Waals surface area contributed by atoms with Gasteiger partial charge in [-0.25, -0.2) is 4.98 Å². The summed E-state index contributed by atoms with van der Waals surface area (Å²) in [7, 11) is 1.71. The third-order valence-electron chi connectivity index (χ3n) is 3.60. The molecule has 1 saturated heterocycles. The summed E-state index contributed by atoms with van der Waals surface area (Å²) in [6, 6.07) is 4.46. The molecule has 0 spiro atoms. The van der Waals surface area contributed by atoms with E-state index in [1.807, 2.05) is 18.3 Å². The van der Waals surface area contributed by atoms with Crippen LogP contribution in [0.5, 0.6) is 5.75 Å². The lowest BCUT2D eigenvalue weighted by molar-refractivity contribution is 0.370. The van der Waals surface area contributed by atoms with Gasteiger partial charge in [-0.15, -0.1) is 0 Å². The fraction of sp³-hybridized carbons (Fsp3) is 0.667. The molecule has 0 aromatic carbocycles. The highest BCUT2D eigenvalue weighted by Crippen LogP contribution is 2.28. The Morgan fingerprint density at radius 3 is 3.11 bits per heavy atom. The van der Waals surface area contributed by atoms with Gasteiger partial charge in [0.25, 0.3) is 0 Å². The third-order valence-corrected chi connectivity index (χ3v) is 3.60. The number of pyridine rings is 1. The fourth-order valence-corrected chi connectivity index (χ4v) is 2.61. The van der Waals surface area contributed by atoms with Crippen LogP contribution in [0.25, 0.3) is 0 Å². The molecular formula is C15H25N3O. The van der Waals surface area contributed by atoms with E-state index in [2.05, 4.69) is 29.0 Å². The van der Waals surface area contributed by atoms with Crippen LogP contribution >= 0.6 is 0 Å². The Morgan fingerprint density at radius 2 is 2.37 bits per heavy atom. The van der Waals surface area contributed by atoms with E-state index in [0.717, 1.165) is 31.2 Å². The van der Waals surface area contributed by atoms with E-state index < -0.39 is 0 Å². The number of aromatic nitrogens is 1. The average molecular weight is 263 g/mol. The monoisotopic (exact) mass is 263 g/mol. The zero-order chi connectivity index (χ0) is 13.7. The summed E-state index contributed by atoms with van der Waals surface area (Å²) in [5.74, 6) is 2.56. The van der Waals surface area contributed by atoms with Gasteiger partial charge in [0.05, 0.1) is 7.11 Å². The number of hydrogen-bond donors (Lipinski definition) is 1. The summed E-state index contributed by atoms with van der Waals surface area (Å²) in [4.78, 5) is 6.84. The lowest BCUT2D eigenvalue weighted by Gasteiger charge is -2.34. The van der Waals surface area contributed by atoms with E-state index in [4.69, 9.17) is 4.74 Å². The highest BCUT2D eigenvalue weighted by atomic mass is 16.5. The van der Waals surface area contributed by atoms with Crippen LogP contribution in [0.2, 0.25) is 0 Å². The van der Waals surface area contributed by atoms with Crippen LogP contribution in [-0.4, -0.2) is 37.8 Å². The highest BCUT2D eigenvalue weighted by molar-refractivity contribution is 5.52. The number of rotatable bonds is 5. The van der Waals surface area contributed by atoms with Crippen molar-refractivity contribution in [3.8, 4) is 5.75 Å². The summed E-state index contributed by atoms with van der Waals surface area (Å²) >= 11 is 0. The molecule has 19 heavy (non-hydrogen) atoms. The van der Waals surface area contributed by atoms with Crippen LogP contribution in [0.1, 0.15) is 26.7 Å². The Kier molecular flexibility index (Phi) is 5.02. The van der Waals surface area contributed by atoms with Crippen LogP contribution in [-0.2, 0) is 0 Å². The minimum Gasteiger partial charge on any atom is -0.493 e. The molecule has 0 aliphatic carbocycles. The second-order valence-corrected chi connectivity index (χ2v) is 5.55. The van der Waals surface area contributed by atoms with Crippen molar-refractivity contribution in [2.45, 2.75) is 32.7 Å². The van der Waals surface area contributed by atoms with Crippen LogP contribution in [0.3, 0.4) is 0 Å². The summed E-state index contributed by atoms with van der Waals surface area (Å²) in [5, 5.41) is 3.54. The van der Waals surface area contributed by atoms with Gasteiger partial charge in [0.15, 0.2) is 11.6 Å². The van der Waals surface area contributed by atoms with Crippen LogP contribution < -0.4 is 15.0 Å². The first-order chi connectivity index (χ1) is 9.20. The van der Waals surface area contributed by atoms with Gasteiger partial charge in [-0.1, -0.05) is 13.8 Å². The maximum atomic E-state index is 5.41. The molecule has 0 saturated carbocycles. The Hall–Kier alpha value is -1.29. The molecule has 1 aliphatic rings. The van der Waals surface area contributed by atoms with Crippen molar-refractivity contribution >= 4 is 5.82 Å². The summed E-state index contributed by atoms with van der Waals surface area (Å²) in [6.07, 6.45) is 4.36. The lowest BCUT2D eigenvalue weighted by atomic mass is 9.97. The molecule has 1 fully saturated rings. The fourth-order valence-electron chi connectivity index (χ4n) is 2.61. The van der Waals surface area contributed by atoms with Crippen molar-refractivity contribution in [2.24, 2.45) is 5.92 Å². The van der Waals surface area contributed by atoms with Crippen molar-refractivity contribution in [1.29, 1.82) is 0 Å². The maximum Gasteiger partial charge on any atom is 0.171 e. The van der Waals surface area contributed by atoms with E-state index in [0.29, 0.717) is 12.0 Å². The SMILES string of the molecule is COc1cccnc1N1CCCC(CNC(C)C)C1. The molecule has 0 amide bonds. The first-order valence-corrected chi connectivity index (χ1v) is 7.18. The summed E-state index contributed by atoms with van der Waals surface area (Å²) in [6.45, 7) is 7.62. The Bertz CT molecular complexity index is 395. The Balaban J connectivity index is 2.00. The number of hydrogen-bond acceptors (Lipinski definition) is 4. The molecule has 1 aromatic rings. The van der Waals surface area contributed by atoms with Crippen molar-refractivity contribution < 1.29 is 4.74 Å². The number of piperidine rings is 1.